The average molecular weight is 293 g/mol. The maximum absolute atomic E-state index is 13.0. The van der Waals surface area contributed by atoms with E-state index in [1.165, 1.54) is 18.2 Å². The van der Waals surface area contributed by atoms with Crippen molar-refractivity contribution in [1.82, 2.24) is 0 Å². The summed E-state index contributed by atoms with van der Waals surface area (Å²) in [6, 6.07) is 9.50. The molecule has 0 bridgehead atoms. The van der Waals surface area contributed by atoms with Gasteiger partial charge in [-0.05, 0) is 43.2 Å². The molecule has 0 atom stereocenters. The molecular weight excluding hydrogens is 279 g/mol. The number of hydrogen-bond donors (Lipinski definition) is 0. The van der Waals surface area contributed by atoms with E-state index < -0.39 is 5.82 Å². The number of ketones is 1. The lowest BCUT2D eigenvalue weighted by molar-refractivity contribution is 0.0921. The lowest BCUT2D eigenvalue weighted by Gasteiger charge is -2.07. The van der Waals surface area contributed by atoms with E-state index in [9.17, 15) is 9.18 Å². The Bertz CT molecular complexity index is 653. The summed E-state index contributed by atoms with van der Waals surface area (Å²) in [5.41, 5.74) is 2.79. The highest BCUT2D eigenvalue weighted by atomic mass is 35.5. The SMILES string of the molecule is Cc1ccc(C(=O)COc2ccc(F)c(Cl)c2)cc1C. The molecule has 4 heteroatoms. The first kappa shape index (κ1) is 14.5. The van der Waals surface area contributed by atoms with Gasteiger partial charge in [-0.1, -0.05) is 23.7 Å². The van der Waals surface area contributed by atoms with Crippen LogP contribution in [0.4, 0.5) is 4.39 Å². The van der Waals surface area contributed by atoms with E-state index in [2.05, 4.69) is 0 Å². The zero-order valence-electron chi connectivity index (χ0n) is 11.2. The number of ether oxygens (including phenoxy) is 1. The summed E-state index contributed by atoms with van der Waals surface area (Å²) in [6.45, 7) is 3.83. The van der Waals surface area contributed by atoms with Gasteiger partial charge in [-0.2, -0.15) is 0 Å². The molecule has 2 rings (SSSR count). The van der Waals surface area contributed by atoms with Crippen LogP contribution in [0.25, 0.3) is 0 Å². The van der Waals surface area contributed by atoms with Crippen molar-refractivity contribution in [3.8, 4) is 5.75 Å². The van der Waals surface area contributed by atoms with E-state index in [0.717, 1.165) is 11.1 Å². The number of benzene rings is 2. The Kier molecular flexibility index (Phi) is 4.40. The number of carbonyl (C=O) groups is 1. The predicted octanol–water partition coefficient (Wildman–Crippen LogP) is 4.36. The molecule has 0 saturated heterocycles. The standard InChI is InChI=1S/C16H14ClFO2/c1-10-3-4-12(7-11(10)2)16(19)9-20-13-5-6-15(18)14(17)8-13/h3-8H,9H2,1-2H3. The zero-order chi connectivity index (χ0) is 14.7. The fraction of sp³-hybridized carbons (Fsp3) is 0.188. The molecule has 0 heterocycles. The Morgan fingerprint density at radius 1 is 1.15 bits per heavy atom. The molecule has 0 amide bonds. The van der Waals surface area contributed by atoms with Crippen LogP contribution < -0.4 is 4.74 Å². The molecule has 0 aromatic heterocycles. The molecule has 0 radical (unpaired) electrons. The van der Waals surface area contributed by atoms with E-state index in [1.54, 1.807) is 6.07 Å². The maximum atomic E-state index is 13.0. The molecular formula is C16H14ClFO2. The third-order valence-electron chi connectivity index (χ3n) is 3.09. The summed E-state index contributed by atoms with van der Waals surface area (Å²) in [4.78, 5) is 12.0. The molecule has 2 aromatic carbocycles. The molecule has 0 saturated carbocycles. The van der Waals surface area contributed by atoms with E-state index in [-0.39, 0.29) is 17.4 Å². The molecule has 104 valence electrons. The van der Waals surface area contributed by atoms with Gasteiger partial charge in [-0.15, -0.1) is 0 Å². The largest absolute Gasteiger partial charge is 0.485 e. The van der Waals surface area contributed by atoms with Crippen LogP contribution in [0.5, 0.6) is 5.75 Å². The Morgan fingerprint density at radius 2 is 1.90 bits per heavy atom. The van der Waals surface area contributed by atoms with Crippen molar-refractivity contribution in [2.45, 2.75) is 13.8 Å². The van der Waals surface area contributed by atoms with Crippen molar-refractivity contribution in [2.24, 2.45) is 0 Å². The number of aryl methyl sites for hydroxylation is 2. The Balaban J connectivity index is 2.04. The number of halogens is 2. The van der Waals surface area contributed by atoms with E-state index in [0.29, 0.717) is 11.3 Å². The summed E-state index contributed by atoms with van der Waals surface area (Å²) in [5.74, 6) is -0.276. The molecule has 2 nitrogen and oxygen atoms in total. The summed E-state index contributed by atoms with van der Waals surface area (Å²) in [6.07, 6.45) is 0. The first-order valence-electron chi connectivity index (χ1n) is 6.15. The first-order chi connectivity index (χ1) is 9.47. The minimum atomic E-state index is -0.514. The van der Waals surface area contributed by atoms with Gasteiger partial charge in [0.25, 0.3) is 0 Å². The Morgan fingerprint density at radius 3 is 2.55 bits per heavy atom. The highest BCUT2D eigenvalue weighted by Crippen LogP contribution is 2.21. The number of rotatable bonds is 4. The lowest BCUT2D eigenvalue weighted by atomic mass is 10.0. The van der Waals surface area contributed by atoms with Crippen LogP contribution >= 0.6 is 11.6 Å². The third-order valence-corrected chi connectivity index (χ3v) is 3.38. The van der Waals surface area contributed by atoms with Crippen molar-refractivity contribution in [3.63, 3.8) is 0 Å². The average Bonchev–Trinajstić information content (AvgIpc) is 2.43. The van der Waals surface area contributed by atoms with Gasteiger partial charge >= 0.3 is 0 Å². The minimum absolute atomic E-state index is 0.0267. The normalized spacial score (nSPS) is 10.4. The zero-order valence-corrected chi connectivity index (χ0v) is 12.0. The second kappa shape index (κ2) is 6.06. The smallest absolute Gasteiger partial charge is 0.200 e. The third kappa shape index (κ3) is 3.36. The van der Waals surface area contributed by atoms with Crippen molar-refractivity contribution in [2.75, 3.05) is 6.61 Å². The Hall–Kier alpha value is -1.87. The number of carbonyl (C=O) groups excluding carboxylic acids is 1. The summed E-state index contributed by atoms with van der Waals surface area (Å²) in [5, 5.41) is -0.0267. The van der Waals surface area contributed by atoms with Crippen LogP contribution in [-0.2, 0) is 0 Å². The molecule has 0 aliphatic rings. The maximum Gasteiger partial charge on any atom is 0.200 e. The highest BCUT2D eigenvalue weighted by Gasteiger charge is 2.09. The van der Waals surface area contributed by atoms with Crippen molar-refractivity contribution in [3.05, 3.63) is 63.9 Å². The molecule has 0 unspecified atom stereocenters. The topological polar surface area (TPSA) is 26.3 Å². The van der Waals surface area contributed by atoms with Crippen LogP contribution in [0.15, 0.2) is 36.4 Å². The number of Topliss-reactive ketones (excluding diaryl/α,β-unsaturated/α-hetero) is 1. The van der Waals surface area contributed by atoms with Gasteiger partial charge in [0, 0.05) is 11.6 Å². The molecule has 0 aliphatic heterocycles. The molecule has 2 aromatic rings. The molecule has 0 aliphatic carbocycles. The van der Waals surface area contributed by atoms with Gasteiger partial charge in [0.05, 0.1) is 5.02 Å². The fourth-order valence-electron chi connectivity index (χ4n) is 1.71. The first-order valence-corrected chi connectivity index (χ1v) is 6.53. The van der Waals surface area contributed by atoms with Gasteiger partial charge < -0.3 is 4.74 Å². The summed E-state index contributed by atoms with van der Waals surface area (Å²) in [7, 11) is 0. The van der Waals surface area contributed by atoms with Gasteiger partial charge in [0.15, 0.2) is 12.4 Å². The van der Waals surface area contributed by atoms with E-state index in [1.807, 2.05) is 26.0 Å². The molecule has 0 spiro atoms. The minimum Gasteiger partial charge on any atom is -0.485 e. The highest BCUT2D eigenvalue weighted by molar-refractivity contribution is 6.30. The van der Waals surface area contributed by atoms with Gasteiger partial charge in [0.1, 0.15) is 11.6 Å². The quantitative estimate of drug-likeness (QED) is 0.783. The summed E-state index contributed by atoms with van der Waals surface area (Å²) >= 11 is 5.64. The fourth-order valence-corrected chi connectivity index (χ4v) is 1.88. The van der Waals surface area contributed by atoms with Gasteiger partial charge in [-0.25, -0.2) is 4.39 Å². The second-order valence-electron chi connectivity index (χ2n) is 4.59. The predicted molar refractivity (Wildman–Crippen MR) is 77.2 cm³/mol. The number of hydrogen-bond acceptors (Lipinski definition) is 2. The van der Waals surface area contributed by atoms with Crippen molar-refractivity contribution >= 4 is 17.4 Å². The molecule has 20 heavy (non-hydrogen) atoms. The van der Waals surface area contributed by atoms with Gasteiger partial charge in [-0.3, -0.25) is 4.79 Å². The van der Waals surface area contributed by atoms with Gasteiger partial charge in [0.2, 0.25) is 0 Å². The van der Waals surface area contributed by atoms with Crippen LogP contribution in [-0.4, -0.2) is 12.4 Å². The monoisotopic (exact) mass is 292 g/mol. The van der Waals surface area contributed by atoms with Crippen molar-refractivity contribution < 1.29 is 13.9 Å². The second-order valence-corrected chi connectivity index (χ2v) is 4.99. The summed E-state index contributed by atoms with van der Waals surface area (Å²) < 4.78 is 18.3. The van der Waals surface area contributed by atoms with E-state index >= 15 is 0 Å². The van der Waals surface area contributed by atoms with E-state index in [4.69, 9.17) is 16.3 Å². The molecule has 0 fully saturated rings. The van der Waals surface area contributed by atoms with Crippen LogP contribution in [0.3, 0.4) is 0 Å². The lowest BCUT2D eigenvalue weighted by Crippen LogP contribution is -2.12. The van der Waals surface area contributed by atoms with Crippen LogP contribution in [0.2, 0.25) is 5.02 Å². The van der Waals surface area contributed by atoms with Crippen LogP contribution in [0, 0.1) is 19.7 Å². The Labute approximate surface area is 122 Å². The van der Waals surface area contributed by atoms with Crippen molar-refractivity contribution in [1.29, 1.82) is 0 Å². The molecule has 0 N–H and O–H groups in total. The van der Waals surface area contributed by atoms with Crippen LogP contribution in [0.1, 0.15) is 21.5 Å².